The summed E-state index contributed by atoms with van der Waals surface area (Å²) >= 11 is 0. The first kappa shape index (κ1) is 22.9. The van der Waals surface area contributed by atoms with Crippen molar-refractivity contribution in [3.05, 3.63) is 0 Å². The molecule has 0 bridgehead atoms. The van der Waals surface area contributed by atoms with Crippen LogP contribution in [0.1, 0.15) is 53.4 Å². The van der Waals surface area contributed by atoms with Crippen molar-refractivity contribution in [1.29, 1.82) is 0 Å². The number of amides is 3. The molecule has 2 heterocycles. The smallest absolute Gasteiger partial charge is 0.317 e. The second-order valence-corrected chi connectivity index (χ2v) is 8.78. The highest BCUT2D eigenvalue weighted by Gasteiger charge is 2.33. The highest BCUT2D eigenvalue weighted by molar-refractivity contribution is 5.80. The van der Waals surface area contributed by atoms with E-state index in [0.29, 0.717) is 38.8 Å². The maximum atomic E-state index is 12.8. The van der Waals surface area contributed by atoms with Gasteiger partial charge in [0.05, 0.1) is 12.2 Å². The standard InChI is InChI=1S/C21H40N4O3/c1-16(2)23(5)11-7-6-10-22-21(27)24-12-8-19(9-13-24)20(26)25-14-17(3)28-18(4)15-25/h16-19H,6-15H2,1-5H3,(H,22,27). The Morgan fingerprint density at radius 3 is 2.25 bits per heavy atom. The molecule has 0 aromatic heterocycles. The maximum Gasteiger partial charge on any atom is 0.317 e. The van der Waals surface area contributed by atoms with E-state index < -0.39 is 0 Å². The first-order valence-corrected chi connectivity index (χ1v) is 10.9. The fourth-order valence-corrected chi connectivity index (χ4v) is 4.00. The second kappa shape index (κ2) is 11.0. The van der Waals surface area contributed by atoms with Crippen LogP contribution in [0, 0.1) is 5.92 Å². The summed E-state index contributed by atoms with van der Waals surface area (Å²) in [5.74, 6) is 0.268. The molecule has 0 saturated carbocycles. The van der Waals surface area contributed by atoms with Gasteiger partial charge in [-0.1, -0.05) is 0 Å². The van der Waals surface area contributed by atoms with Gasteiger partial charge in [-0.2, -0.15) is 0 Å². The van der Waals surface area contributed by atoms with E-state index in [4.69, 9.17) is 4.74 Å². The van der Waals surface area contributed by atoms with Gasteiger partial charge in [0, 0.05) is 44.7 Å². The van der Waals surface area contributed by atoms with E-state index >= 15 is 0 Å². The zero-order chi connectivity index (χ0) is 20.7. The van der Waals surface area contributed by atoms with Gasteiger partial charge in [0.2, 0.25) is 5.91 Å². The molecule has 2 aliphatic rings. The summed E-state index contributed by atoms with van der Waals surface area (Å²) in [5.41, 5.74) is 0. The molecule has 28 heavy (non-hydrogen) atoms. The summed E-state index contributed by atoms with van der Waals surface area (Å²) in [5, 5.41) is 3.03. The van der Waals surface area contributed by atoms with Crippen molar-refractivity contribution in [3.63, 3.8) is 0 Å². The molecule has 2 atom stereocenters. The van der Waals surface area contributed by atoms with Gasteiger partial charge in [-0.05, 0) is 67.0 Å². The Bertz CT molecular complexity index is 496. The monoisotopic (exact) mass is 396 g/mol. The van der Waals surface area contributed by atoms with Crippen molar-refractivity contribution in [3.8, 4) is 0 Å². The minimum atomic E-state index is 0.0109. The fraction of sp³-hybridized carbons (Fsp3) is 0.905. The van der Waals surface area contributed by atoms with Crippen LogP contribution in [0.15, 0.2) is 0 Å². The molecule has 0 aromatic carbocycles. The molecule has 162 valence electrons. The number of piperidine rings is 1. The molecule has 2 rings (SSSR count). The Balaban J connectivity index is 1.64. The summed E-state index contributed by atoms with van der Waals surface area (Å²) < 4.78 is 5.72. The average Bonchev–Trinajstić information content (AvgIpc) is 2.66. The summed E-state index contributed by atoms with van der Waals surface area (Å²) in [7, 11) is 2.13. The van der Waals surface area contributed by atoms with Gasteiger partial charge in [0.25, 0.3) is 0 Å². The number of nitrogens with one attached hydrogen (secondary N) is 1. The Kier molecular flexibility index (Phi) is 9.02. The lowest BCUT2D eigenvalue weighted by atomic mass is 9.95. The fourth-order valence-electron chi connectivity index (χ4n) is 4.00. The average molecular weight is 397 g/mol. The van der Waals surface area contributed by atoms with Crippen LogP contribution in [-0.2, 0) is 9.53 Å². The third-order valence-corrected chi connectivity index (χ3v) is 5.96. The van der Waals surface area contributed by atoms with Crippen molar-refractivity contribution in [2.75, 3.05) is 46.3 Å². The van der Waals surface area contributed by atoms with Gasteiger partial charge >= 0.3 is 6.03 Å². The highest BCUT2D eigenvalue weighted by Crippen LogP contribution is 2.22. The largest absolute Gasteiger partial charge is 0.372 e. The molecule has 0 aromatic rings. The number of carbonyl (C=O) groups is 2. The lowest BCUT2D eigenvalue weighted by Crippen LogP contribution is -2.52. The second-order valence-electron chi connectivity index (χ2n) is 8.78. The van der Waals surface area contributed by atoms with Crippen LogP contribution in [-0.4, -0.2) is 91.2 Å². The van der Waals surface area contributed by atoms with E-state index in [-0.39, 0.29) is 30.1 Å². The van der Waals surface area contributed by atoms with E-state index in [9.17, 15) is 9.59 Å². The Labute approximate surface area is 170 Å². The van der Waals surface area contributed by atoms with Crippen molar-refractivity contribution in [1.82, 2.24) is 20.0 Å². The van der Waals surface area contributed by atoms with Crippen molar-refractivity contribution >= 4 is 11.9 Å². The zero-order valence-corrected chi connectivity index (χ0v) is 18.4. The molecule has 2 saturated heterocycles. The topological polar surface area (TPSA) is 65.1 Å². The first-order chi connectivity index (χ1) is 13.3. The Morgan fingerprint density at radius 2 is 1.68 bits per heavy atom. The zero-order valence-electron chi connectivity index (χ0n) is 18.4. The van der Waals surface area contributed by atoms with Gasteiger partial charge < -0.3 is 24.8 Å². The molecular weight excluding hydrogens is 356 g/mol. The maximum absolute atomic E-state index is 12.8. The summed E-state index contributed by atoms with van der Waals surface area (Å²) in [6.07, 6.45) is 3.78. The van der Waals surface area contributed by atoms with Gasteiger partial charge in [-0.3, -0.25) is 4.79 Å². The minimum absolute atomic E-state index is 0.0109. The van der Waals surface area contributed by atoms with Gasteiger partial charge in [0.1, 0.15) is 0 Å². The number of likely N-dealkylation sites (tertiary alicyclic amines) is 1. The number of hydrogen-bond donors (Lipinski definition) is 1. The van der Waals surface area contributed by atoms with Crippen molar-refractivity contribution in [2.45, 2.75) is 71.6 Å². The third-order valence-electron chi connectivity index (χ3n) is 5.96. The van der Waals surface area contributed by atoms with E-state index in [1.807, 2.05) is 23.6 Å². The van der Waals surface area contributed by atoms with Crippen molar-refractivity contribution in [2.24, 2.45) is 5.92 Å². The first-order valence-electron chi connectivity index (χ1n) is 10.9. The lowest BCUT2D eigenvalue weighted by molar-refractivity contribution is -0.148. The van der Waals surface area contributed by atoms with E-state index in [0.717, 1.165) is 32.2 Å². The van der Waals surface area contributed by atoms with Crippen LogP contribution in [0.25, 0.3) is 0 Å². The summed E-state index contributed by atoms with van der Waals surface area (Å²) in [4.78, 5) is 31.3. The molecule has 2 aliphatic heterocycles. The molecular formula is C21H40N4O3. The number of nitrogens with zero attached hydrogens (tertiary/aromatic N) is 3. The van der Waals surface area contributed by atoms with E-state index in [1.165, 1.54) is 0 Å². The van der Waals surface area contributed by atoms with Crippen LogP contribution in [0.4, 0.5) is 4.79 Å². The molecule has 0 radical (unpaired) electrons. The lowest BCUT2D eigenvalue weighted by Gasteiger charge is -2.39. The number of urea groups is 1. The van der Waals surface area contributed by atoms with E-state index in [2.05, 4.69) is 31.1 Å². The van der Waals surface area contributed by atoms with Crippen LogP contribution < -0.4 is 5.32 Å². The molecule has 0 aliphatic carbocycles. The van der Waals surface area contributed by atoms with Crippen molar-refractivity contribution < 1.29 is 14.3 Å². The number of morpholine rings is 1. The highest BCUT2D eigenvalue weighted by atomic mass is 16.5. The van der Waals surface area contributed by atoms with E-state index in [1.54, 1.807) is 0 Å². The number of unbranched alkanes of at least 4 members (excludes halogenated alkanes) is 1. The SMILES string of the molecule is CC1CN(C(=O)C2CCN(C(=O)NCCCCN(C)C(C)C)CC2)CC(C)O1. The van der Waals surface area contributed by atoms with Crippen LogP contribution in [0.3, 0.4) is 0 Å². The van der Waals surface area contributed by atoms with Crippen LogP contribution >= 0.6 is 0 Å². The van der Waals surface area contributed by atoms with Crippen LogP contribution in [0.5, 0.6) is 0 Å². The van der Waals surface area contributed by atoms with Crippen LogP contribution in [0.2, 0.25) is 0 Å². The molecule has 2 fully saturated rings. The molecule has 1 N–H and O–H groups in total. The Hall–Kier alpha value is -1.34. The molecule has 0 spiro atoms. The minimum Gasteiger partial charge on any atom is -0.372 e. The van der Waals surface area contributed by atoms with Gasteiger partial charge in [-0.15, -0.1) is 0 Å². The summed E-state index contributed by atoms with van der Waals surface area (Å²) in [6, 6.07) is 0.569. The number of hydrogen-bond acceptors (Lipinski definition) is 4. The number of rotatable bonds is 7. The summed E-state index contributed by atoms with van der Waals surface area (Å²) in [6.45, 7) is 12.9. The normalized spacial score (nSPS) is 24.1. The third kappa shape index (κ3) is 6.92. The molecule has 3 amide bonds. The predicted molar refractivity (Wildman–Crippen MR) is 111 cm³/mol. The van der Waals surface area contributed by atoms with Gasteiger partial charge in [0.15, 0.2) is 0 Å². The molecule has 7 nitrogen and oxygen atoms in total. The Morgan fingerprint density at radius 1 is 1.07 bits per heavy atom. The number of carbonyl (C=O) groups excluding carboxylic acids is 2. The molecule has 2 unspecified atom stereocenters. The quantitative estimate of drug-likeness (QED) is 0.670. The molecule has 7 heteroatoms. The number of ether oxygens (including phenoxy) is 1. The van der Waals surface area contributed by atoms with Gasteiger partial charge in [-0.25, -0.2) is 4.79 Å². The predicted octanol–water partition coefficient (Wildman–Crippen LogP) is 2.16.